The lowest BCUT2D eigenvalue weighted by atomic mass is 9.97. The molecule has 1 aromatic carbocycles. The quantitative estimate of drug-likeness (QED) is 0.748. The minimum atomic E-state index is -0.880. The van der Waals surface area contributed by atoms with E-state index in [9.17, 15) is 14.7 Å². The van der Waals surface area contributed by atoms with Crippen LogP contribution in [-0.4, -0.2) is 43.7 Å². The molecule has 1 aromatic heterocycles. The molecule has 2 aromatic rings. The second kappa shape index (κ2) is 8.19. The first-order chi connectivity index (χ1) is 11.5. The topological polar surface area (TPSA) is 110 Å². The summed E-state index contributed by atoms with van der Waals surface area (Å²) in [6.07, 6.45) is 2.22. The Kier molecular flexibility index (Phi) is 6.00. The van der Waals surface area contributed by atoms with Crippen LogP contribution >= 0.6 is 0 Å². The van der Waals surface area contributed by atoms with Gasteiger partial charge < -0.3 is 10.4 Å². The number of carboxylic acids is 1. The van der Waals surface area contributed by atoms with Gasteiger partial charge in [-0.25, -0.2) is 4.68 Å². The van der Waals surface area contributed by atoms with Gasteiger partial charge in [0.15, 0.2) is 0 Å². The highest BCUT2D eigenvalue weighted by molar-refractivity contribution is 5.79. The number of amides is 1. The molecular weight excluding hydrogens is 310 g/mol. The molecule has 0 fully saturated rings. The molecule has 0 aliphatic rings. The van der Waals surface area contributed by atoms with E-state index >= 15 is 0 Å². The Morgan fingerprint density at radius 3 is 2.50 bits per heavy atom. The highest BCUT2D eigenvalue weighted by Crippen LogP contribution is 2.12. The van der Waals surface area contributed by atoms with Crippen molar-refractivity contribution in [2.24, 2.45) is 11.8 Å². The zero-order valence-electron chi connectivity index (χ0n) is 13.7. The van der Waals surface area contributed by atoms with Gasteiger partial charge in [-0.15, -0.1) is 5.10 Å². The lowest BCUT2D eigenvalue weighted by Gasteiger charge is -2.15. The minimum Gasteiger partial charge on any atom is -0.481 e. The first-order valence-corrected chi connectivity index (χ1v) is 7.77. The second-order valence-electron chi connectivity index (χ2n) is 6.07. The van der Waals surface area contributed by atoms with E-state index < -0.39 is 11.9 Å². The number of carbonyl (C=O) groups excluding carboxylic acids is 1. The third-order valence-electron chi connectivity index (χ3n) is 3.57. The van der Waals surface area contributed by atoms with E-state index in [1.54, 1.807) is 0 Å². The number of rotatable bonds is 8. The summed E-state index contributed by atoms with van der Waals surface area (Å²) in [4.78, 5) is 23.2. The van der Waals surface area contributed by atoms with Gasteiger partial charge in [-0.2, -0.15) is 0 Å². The maximum Gasteiger partial charge on any atom is 0.308 e. The standard InChI is InChI=1S/C16H21N5O3/c1-11(2)7-13(16(23)24)9-17-15(22)8-12-3-5-14(6-4-12)21-10-18-19-20-21/h3-6,10-11,13H,7-9H2,1-2H3,(H,17,22)(H,23,24). The van der Waals surface area contributed by atoms with Crippen molar-refractivity contribution in [2.75, 3.05) is 6.54 Å². The molecule has 0 bridgehead atoms. The third kappa shape index (κ3) is 5.15. The highest BCUT2D eigenvalue weighted by atomic mass is 16.4. The zero-order valence-corrected chi connectivity index (χ0v) is 13.7. The van der Waals surface area contributed by atoms with E-state index in [4.69, 9.17) is 0 Å². The lowest BCUT2D eigenvalue weighted by Crippen LogP contribution is -2.34. The van der Waals surface area contributed by atoms with E-state index in [2.05, 4.69) is 20.8 Å². The molecule has 128 valence electrons. The largest absolute Gasteiger partial charge is 0.481 e. The molecular formula is C16H21N5O3. The van der Waals surface area contributed by atoms with Gasteiger partial charge in [-0.05, 0) is 40.5 Å². The number of hydrogen-bond donors (Lipinski definition) is 2. The zero-order chi connectivity index (χ0) is 17.5. The number of hydrogen-bond acceptors (Lipinski definition) is 5. The Hall–Kier alpha value is -2.77. The van der Waals surface area contributed by atoms with Crippen LogP contribution in [0.3, 0.4) is 0 Å². The van der Waals surface area contributed by atoms with Crippen LogP contribution in [0, 0.1) is 11.8 Å². The fraction of sp³-hybridized carbons (Fsp3) is 0.438. The SMILES string of the molecule is CC(C)CC(CNC(=O)Cc1ccc(-n2cnnn2)cc1)C(=O)O. The van der Waals surface area contributed by atoms with Crippen molar-refractivity contribution in [3.63, 3.8) is 0 Å². The van der Waals surface area contributed by atoms with Crippen LogP contribution in [0.4, 0.5) is 0 Å². The average molecular weight is 331 g/mol. The number of aromatic nitrogens is 4. The van der Waals surface area contributed by atoms with E-state index in [0.717, 1.165) is 11.3 Å². The Morgan fingerprint density at radius 2 is 1.96 bits per heavy atom. The number of carbonyl (C=O) groups is 2. The number of aliphatic carboxylic acids is 1. The predicted molar refractivity (Wildman–Crippen MR) is 86.4 cm³/mol. The van der Waals surface area contributed by atoms with Gasteiger partial charge in [0.05, 0.1) is 18.0 Å². The number of benzene rings is 1. The molecule has 1 heterocycles. The van der Waals surface area contributed by atoms with Gasteiger partial charge in [0, 0.05) is 6.54 Å². The van der Waals surface area contributed by atoms with Crippen LogP contribution in [0.25, 0.3) is 5.69 Å². The smallest absolute Gasteiger partial charge is 0.308 e. The molecule has 2 N–H and O–H groups in total. The van der Waals surface area contributed by atoms with E-state index in [1.165, 1.54) is 11.0 Å². The van der Waals surface area contributed by atoms with Crippen molar-refractivity contribution >= 4 is 11.9 Å². The first kappa shape index (κ1) is 17.6. The molecule has 24 heavy (non-hydrogen) atoms. The van der Waals surface area contributed by atoms with Gasteiger partial charge in [-0.3, -0.25) is 9.59 Å². The van der Waals surface area contributed by atoms with Crippen LogP contribution in [0.1, 0.15) is 25.8 Å². The summed E-state index contributed by atoms with van der Waals surface area (Å²) in [7, 11) is 0. The molecule has 0 saturated heterocycles. The fourth-order valence-electron chi connectivity index (χ4n) is 2.37. The third-order valence-corrected chi connectivity index (χ3v) is 3.57. The highest BCUT2D eigenvalue weighted by Gasteiger charge is 2.19. The number of nitrogens with zero attached hydrogens (tertiary/aromatic N) is 4. The van der Waals surface area contributed by atoms with Gasteiger partial charge in [0.1, 0.15) is 6.33 Å². The van der Waals surface area contributed by atoms with Gasteiger partial charge in [-0.1, -0.05) is 26.0 Å². The molecule has 8 nitrogen and oxygen atoms in total. The Balaban J connectivity index is 1.86. The molecule has 0 radical (unpaired) electrons. The first-order valence-electron chi connectivity index (χ1n) is 7.77. The molecule has 1 amide bonds. The van der Waals surface area contributed by atoms with Crippen LogP contribution in [0.2, 0.25) is 0 Å². The van der Waals surface area contributed by atoms with Crippen LogP contribution in [0.5, 0.6) is 0 Å². The van der Waals surface area contributed by atoms with Crippen molar-refractivity contribution in [3.05, 3.63) is 36.2 Å². The summed E-state index contributed by atoms with van der Waals surface area (Å²) in [5.41, 5.74) is 1.63. The van der Waals surface area contributed by atoms with Crippen LogP contribution in [0.15, 0.2) is 30.6 Å². The molecule has 1 unspecified atom stereocenters. The van der Waals surface area contributed by atoms with Crippen molar-refractivity contribution in [3.8, 4) is 5.69 Å². The van der Waals surface area contributed by atoms with Crippen molar-refractivity contribution in [1.29, 1.82) is 0 Å². The van der Waals surface area contributed by atoms with Crippen LogP contribution in [-0.2, 0) is 16.0 Å². The lowest BCUT2D eigenvalue weighted by molar-refractivity contribution is -0.142. The van der Waals surface area contributed by atoms with Gasteiger partial charge in [0.2, 0.25) is 5.91 Å². The van der Waals surface area contributed by atoms with E-state index in [1.807, 2.05) is 38.1 Å². The summed E-state index contributed by atoms with van der Waals surface area (Å²) in [6, 6.07) is 7.27. The molecule has 8 heteroatoms. The summed E-state index contributed by atoms with van der Waals surface area (Å²) in [5.74, 6) is -1.37. The summed E-state index contributed by atoms with van der Waals surface area (Å²) < 4.78 is 1.52. The van der Waals surface area contributed by atoms with E-state index in [-0.39, 0.29) is 24.8 Å². The number of nitrogens with one attached hydrogen (secondary N) is 1. The molecule has 1 atom stereocenters. The van der Waals surface area contributed by atoms with Crippen LogP contribution < -0.4 is 5.32 Å². The molecule has 0 aliphatic carbocycles. The number of tetrazole rings is 1. The normalized spacial score (nSPS) is 12.1. The van der Waals surface area contributed by atoms with Crippen molar-refractivity contribution in [1.82, 2.24) is 25.5 Å². The summed E-state index contributed by atoms with van der Waals surface area (Å²) >= 11 is 0. The monoisotopic (exact) mass is 331 g/mol. The predicted octanol–water partition coefficient (Wildman–Crippen LogP) is 1.07. The molecule has 0 aliphatic heterocycles. The number of carboxylic acid groups (broad SMARTS) is 1. The molecule has 0 saturated carbocycles. The minimum absolute atomic E-state index is 0.148. The fourth-order valence-corrected chi connectivity index (χ4v) is 2.37. The van der Waals surface area contributed by atoms with Gasteiger partial charge >= 0.3 is 5.97 Å². The van der Waals surface area contributed by atoms with Crippen molar-refractivity contribution in [2.45, 2.75) is 26.7 Å². The molecule has 2 rings (SSSR count). The maximum absolute atomic E-state index is 12.0. The summed E-state index contributed by atoms with van der Waals surface area (Å²) in [5, 5.41) is 22.8. The summed E-state index contributed by atoms with van der Waals surface area (Å²) in [6.45, 7) is 4.07. The average Bonchev–Trinajstić information content (AvgIpc) is 3.06. The van der Waals surface area contributed by atoms with Crippen molar-refractivity contribution < 1.29 is 14.7 Å². The second-order valence-corrected chi connectivity index (χ2v) is 6.07. The Labute approximate surface area is 139 Å². The van der Waals surface area contributed by atoms with E-state index in [0.29, 0.717) is 6.42 Å². The maximum atomic E-state index is 12.0. The molecule has 0 spiro atoms. The van der Waals surface area contributed by atoms with Gasteiger partial charge in [0.25, 0.3) is 0 Å². The Morgan fingerprint density at radius 1 is 1.25 bits per heavy atom. The Bertz CT molecular complexity index is 668.